The highest BCUT2D eigenvalue weighted by Gasteiger charge is 2.41. The van der Waals surface area contributed by atoms with Gasteiger partial charge in [0.1, 0.15) is 0 Å². The normalized spacial score (nSPS) is 26.9. The second-order valence-corrected chi connectivity index (χ2v) is 5.69. The number of aliphatic carboxylic acids is 1. The van der Waals surface area contributed by atoms with Gasteiger partial charge >= 0.3 is 5.97 Å². The van der Waals surface area contributed by atoms with E-state index >= 15 is 0 Å². The number of piperidine rings is 1. The maximum atomic E-state index is 11.5. The fourth-order valence-corrected chi connectivity index (χ4v) is 3.04. The van der Waals surface area contributed by atoms with Crippen LogP contribution in [-0.4, -0.2) is 47.6 Å². The van der Waals surface area contributed by atoms with E-state index in [2.05, 4.69) is 18.1 Å². The number of hydrogen-bond donors (Lipinski definition) is 1. The smallest absolute Gasteiger partial charge is 0.310 e. The summed E-state index contributed by atoms with van der Waals surface area (Å²) in [6.07, 6.45) is 5.76. The Hall–Kier alpha value is -0.220. The molecule has 1 saturated heterocycles. The van der Waals surface area contributed by atoms with Gasteiger partial charge in [-0.15, -0.1) is 0 Å². The first kappa shape index (κ1) is 13.8. The van der Waals surface area contributed by atoms with Crippen LogP contribution in [0.3, 0.4) is 0 Å². The molecule has 0 aromatic heterocycles. The Balaban J connectivity index is 2.60. The summed E-state index contributed by atoms with van der Waals surface area (Å²) in [4.78, 5) is 13.8. The summed E-state index contributed by atoms with van der Waals surface area (Å²) in [7, 11) is 0. The zero-order valence-corrected chi connectivity index (χ0v) is 11.2. The predicted octanol–water partition coefficient (Wildman–Crippen LogP) is 2.32. The van der Waals surface area contributed by atoms with E-state index in [1.165, 1.54) is 0 Å². The second-order valence-electron chi connectivity index (χ2n) is 4.71. The Morgan fingerprint density at radius 2 is 2.31 bits per heavy atom. The predicted molar refractivity (Wildman–Crippen MR) is 69.0 cm³/mol. The summed E-state index contributed by atoms with van der Waals surface area (Å²) in [6.45, 7) is 4.92. The highest BCUT2D eigenvalue weighted by atomic mass is 32.2. The first-order valence-electron chi connectivity index (χ1n) is 6.09. The summed E-state index contributed by atoms with van der Waals surface area (Å²) in [5.74, 6) is 0.505. The molecule has 94 valence electrons. The first-order valence-corrected chi connectivity index (χ1v) is 7.48. The maximum Gasteiger partial charge on any atom is 0.310 e. The van der Waals surface area contributed by atoms with Crippen molar-refractivity contribution in [1.29, 1.82) is 0 Å². The van der Waals surface area contributed by atoms with Gasteiger partial charge in [-0.05, 0) is 32.1 Å². The van der Waals surface area contributed by atoms with Gasteiger partial charge in [-0.3, -0.25) is 4.79 Å². The van der Waals surface area contributed by atoms with Crippen molar-refractivity contribution in [3.05, 3.63) is 0 Å². The Morgan fingerprint density at radius 3 is 2.88 bits per heavy atom. The molecular formula is C12H23NO2S. The van der Waals surface area contributed by atoms with Gasteiger partial charge in [0.05, 0.1) is 5.41 Å². The van der Waals surface area contributed by atoms with Crippen LogP contribution in [0.5, 0.6) is 0 Å². The van der Waals surface area contributed by atoms with E-state index in [1.54, 1.807) is 0 Å². The minimum atomic E-state index is -0.594. The lowest BCUT2D eigenvalue weighted by atomic mass is 9.76. The zero-order valence-electron chi connectivity index (χ0n) is 10.4. The summed E-state index contributed by atoms with van der Waals surface area (Å²) in [6, 6.07) is 0. The largest absolute Gasteiger partial charge is 0.481 e. The molecule has 1 aliphatic rings. The molecular weight excluding hydrogens is 222 g/mol. The molecule has 1 aliphatic heterocycles. The third-order valence-corrected chi connectivity index (χ3v) is 4.04. The van der Waals surface area contributed by atoms with Crippen LogP contribution >= 0.6 is 11.8 Å². The fourth-order valence-electron chi connectivity index (χ4n) is 2.60. The number of hydrogen-bond acceptors (Lipinski definition) is 3. The van der Waals surface area contributed by atoms with E-state index in [-0.39, 0.29) is 0 Å². The molecule has 1 fully saturated rings. The van der Waals surface area contributed by atoms with Gasteiger partial charge in [-0.25, -0.2) is 0 Å². The number of nitrogens with zero attached hydrogens (tertiary/aromatic N) is 1. The quantitative estimate of drug-likeness (QED) is 0.779. The van der Waals surface area contributed by atoms with Crippen molar-refractivity contribution in [2.24, 2.45) is 5.41 Å². The molecule has 3 nitrogen and oxygen atoms in total. The Bertz CT molecular complexity index is 231. The Kier molecular flexibility index (Phi) is 5.62. The lowest BCUT2D eigenvalue weighted by Gasteiger charge is -2.39. The van der Waals surface area contributed by atoms with Gasteiger partial charge in [-0.2, -0.15) is 11.8 Å². The standard InChI is InChI=1S/C12H23NO2S/c1-3-5-12(11(14)15)6-4-7-13(10-12)8-9-16-2/h3-10H2,1-2H3,(H,14,15). The summed E-state index contributed by atoms with van der Waals surface area (Å²) >= 11 is 1.83. The minimum absolute atomic E-state index is 0.467. The molecule has 1 unspecified atom stereocenters. The van der Waals surface area contributed by atoms with Crippen LogP contribution in [0, 0.1) is 5.41 Å². The van der Waals surface area contributed by atoms with Crippen LogP contribution in [0.25, 0.3) is 0 Å². The number of likely N-dealkylation sites (tertiary alicyclic amines) is 1. The molecule has 0 bridgehead atoms. The average Bonchev–Trinajstić information content (AvgIpc) is 2.27. The Labute approximate surface area is 103 Å². The molecule has 16 heavy (non-hydrogen) atoms. The molecule has 4 heteroatoms. The molecule has 0 aromatic rings. The summed E-state index contributed by atoms with van der Waals surface area (Å²) < 4.78 is 0. The van der Waals surface area contributed by atoms with Gasteiger partial charge in [0, 0.05) is 18.8 Å². The van der Waals surface area contributed by atoms with Gasteiger partial charge in [0.2, 0.25) is 0 Å². The number of carboxylic acids is 1. The number of thioether (sulfide) groups is 1. The van der Waals surface area contributed by atoms with E-state index in [0.29, 0.717) is 0 Å². The van der Waals surface area contributed by atoms with Crippen LogP contribution < -0.4 is 0 Å². The first-order chi connectivity index (χ1) is 7.64. The molecule has 1 rings (SSSR count). The van der Waals surface area contributed by atoms with E-state index in [4.69, 9.17) is 0 Å². The highest BCUT2D eigenvalue weighted by Crippen LogP contribution is 2.34. The molecule has 0 saturated carbocycles. The van der Waals surface area contributed by atoms with Crippen molar-refractivity contribution in [2.45, 2.75) is 32.6 Å². The van der Waals surface area contributed by atoms with Crippen LogP contribution in [0.1, 0.15) is 32.6 Å². The fraction of sp³-hybridized carbons (Fsp3) is 0.917. The molecule has 1 atom stereocenters. The van der Waals surface area contributed by atoms with Gasteiger partial charge in [0.25, 0.3) is 0 Å². The van der Waals surface area contributed by atoms with Gasteiger partial charge < -0.3 is 10.0 Å². The third-order valence-electron chi connectivity index (χ3n) is 3.45. The second kappa shape index (κ2) is 6.50. The number of carboxylic acid groups (broad SMARTS) is 1. The molecule has 0 aliphatic carbocycles. The topological polar surface area (TPSA) is 40.5 Å². The molecule has 0 radical (unpaired) electrons. The van der Waals surface area contributed by atoms with E-state index in [1.807, 2.05) is 11.8 Å². The van der Waals surface area contributed by atoms with Crippen LogP contribution in [-0.2, 0) is 4.79 Å². The average molecular weight is 245 g/mol. The van der Waals surface area contributed by atoms with Gasteiger partial charge in [0.15, 0.2) is 0 Å². The summed E-state index contributed by atoms with van der Waals surface area (Å²) in [5, 5.41) is 9.43. The van der Waals surface area contributed by atoms with Crippen molar-refractivity contribution in [3.8, 4) is 0 Å². The molecule has 1 N–H and O–H groups in total. The molecule has 0 spiro atoms. The number of carbonyl (C=O) groups is 1. The molecule has 1 heterocycles. The van der Waals surface area contributed by atoms with Crippen LogP contribution in [0.15, 0.2) is 0 Å². The van der Waals surface area contributed by atoms with Crippen LogP contribution in [0.2, 0.25) is 0 Å². The van der Waals surface area contributed by atoms with Gasteiger partial charge in [-0.1, -0.05) is 13.3 Å². The minimum Gasteiger partial charge on any atom is -0.481 e. The molecule has 0 amide bonds. The van der Waals surface area contributed by atoms with Crippen LogP contribution in [0.4, 0.5) is 0 Å². The molecule has 0 aromatic carbocycles. The summed E-state index contributed by atoms with van der Waals surface area (Å²) in [5.41, 5.74) is -0.467. The Morgan fingerprint density at radius 1 is 1.56 bits per heavy atom. The zero-order chi connectivity index (χ0) is 12.0. The van der Waals surface area contributed by atoms with E-state index in [9.17, 15) is 9.90 Å². The monoisotopic (exact) mass is 245 g/mol. The van der Waals surface area contributed by atoms with E-state index < -0.39 is 11.4 Å². The third kappa shape index (κ3) is 3.39. The lowest BCUT2D eigenvalue weighted by molar-refractivity contribution is -0.153. The van der Waals surface area contributed by atoms with Crippen molar-refractivity contribution in [2.75, 3.05) is 31.6 Å². The van der Waals surface area contributed by atoms with Crippen molar-refractivity contribution in [1.82, 2.24) is 4.90 Å². The lowest BCUT2D eigenvalue weighted by Crippen LogP contribution is -2.48. The van der Waals surface area contributed by atoms with Crippen molar-refractivity contribution < 1.29 is 9.90 Å². The van der Waals surface area contributed by atoms with E-state index in [0.717, 1.165) is 51.1 Å². The number of rotatable bonds is 6. The highest BCUT2D eigenvalue weighted by molar-refractivity contribution is 7.98. The maximum absolute atomic E-state index is 11.5. The van der Waals surface area contributed by atoms with Crippen molar-refractivity contribution >= 4 is 17.7 Å². The van der Waals surface area contributed by atoms with Crippen molar-refractivity contribution in [3.63, 3.8) is 0 Å². The SMILES string of the molecule is CCCC1(C(=O)O)CCCN(CCSC)C1.